The van der Waals surface area contributed by atoms with Gasteiger partial charge in [-0.25, -0.2) is 39.9 Å². The van der Waals surface area contributed by atoms with Crippen LogP contribution < -0.4 is 10.0 Å². The zero-order valence-corrected chi connectivity index (χ0v) is 35.8. The molecule has 0 spiro atoms. The number of aryl methyl sites for hydroxylation is 3. The van der Waals surface area contributed by atoms with Gasteiger partial charge in [-0.15, -0.1) is 0 Å². The molecule has 0 bridgehead atoms. The van der Waals surface area contributed by atoms with E-state index < -0.39 is 0 Å². The lowest BCUT2D eigenvalue weighted by atomic mass is 9.92. The number of fused-ring (bicyclic) bond motifs is 2. The van der Waals surface area contributed by atoms with Gasteiger partial charge in [0.15, 0.2) is 0 Å². The number of rotatable bonds is 15. The van der Waals surface area contributed by atoms with Crippen LogP contribution in [0.3, 0.4) is 0 Å². The van der Waals surface area contributed by atoms with Gasteiger partial charge in [-0.3, -0.25) is 0 Å². The van der Waals surface area contributed by atoms with Crippen molar-refractivity contribution in [2.45, 2.75) is 97.3 Å². The van der Waals surface area contributed by atoms with Crippen molar-refractivity contribution in [3.63, 3.8) is 0 Å². The number of nitrogens with zero attached hydrogens (tertiary/aromatic N) is 10. The number of likely N-dealkylation sites (tertiary alicyclic amines) is 2. The number of H-pyrrole nitrogens is 2. The van der Waals surface area contributed by atoms with Gasteiger partial charge >= 0.3 is 0 Å². The van der Waals surface area contributed by atoms with Crippen molar-refractivity contribution in [2.75, 3.05) is 63.4 Å². The van der Waals surface area contributed by atoms with Crippen LogP contribution in [0.25, 0.3) is 44.8 Å². The summed E-state index contributed by atoms with van der Waals surface area (Å²) in [5.41, 5.74) is 10.4. The molecule has 4 aromatic heterocycles. The largest absolute Gasteiger partial charge is 0.338 e. The molecule has 12 heteroatoms. The van der Waals surface area contributed by atoms with Crippen molar-refractivity contribution < 1.29 is 0 Å². The monoisotopic (exact) mass is 795 g/mol. The lowest BCUT2D eigenvalue weighted by molar-refractivity contribution is 0.209. The minimum absolute atomic E-state index is 0.398. The molecule has 1 saturated carbocycles. The Morgan fingerprint density at radius 1 is 0.627 bits per heavy atom. The number of imidazole rings is 2. The smallest absolute Gasteiger partial charge is 0.244 e. The third-order valence-electron chi connectivity index (χ3n) is 13.3. The lowest BCUT2D eigenvalue weighted by Crippen LogP contribution is -2.47. The molecule has 9 rings (SSSR count). The summed E-state index contributed by atoms with van der Waals surface area (Å²) in [6.45, 7) is 12.7. The normalized spacial score (nSPS) is 17.4. The van der Waals surface area contributed by atoms with Crippen LogP contribution in [0.4, 0.5) is 11.9 Å². The quantitative estimate of drug-likeness (QED) is 0.0976. The summed E-state index contributed by atoms with van der Waals surface area (Å²) < 4.78 is 0. The lowest BCUT2D eigenvalue weighted by Gasteiger charge is -2.37. The summed E-state index contributed by atoms with van der Waals surface area (Å²) in [6.07, 6.45) is 16.5. The highest BCUT2D eigenvalue weighted by Gasteiger charge is 2.32. The van der Waals surface area contributed by atoms with Gasteiger partial charge < -0.3 is 19.8 Å². The van der Waals surface area contributed by atoms with Crippen molar-refractivity contribution in [3.05, 3.63) is 71.3 Å². The number of hydrogen-bond donors (Lipinski definition) is 2. The standard InChI is InChI=1S/C47H62N12/c1-6-38-36(44-50-39-15-7-11-31(2)41(39)53-44)29-48-46(52-38)58(23-9-13-33-19-25-56(4)26-20-33)59(24-10-14-34-21-27-57(5)28-22-34)47-49-30-37(43(55-47)35-17-18-35)45-51-40-16-8-12-32(3)42(40)54-45/h7-8,11-12,15-16,29-30,33-35H,6,9-10,13-14,17-28H2,1-5H3,(H,50,53)(H,51,54). The summed E-state index contributed by atoms with van der Waals surface area (Å²) in [6, 6.07) is 12.6. The van der Waals surface area contributed by atoms with E-state index in [1.165, 1.54) is 64.7 Å². The first-order valence-electron chi connectivity index (χ1n) is 22.4. The molecule has 2 saturated heterocycles. The Kier molecular flexibility index (Phi) is 11.6. The fraction of sp³-hybridized carbons (Fsp3) is 0.532. The first-order chi connectivity index (χ1) is 28.8. The molecule has 0 atom stereocenters. The first-order valence-corrected chi connectivity index (χ1v) is 22.4. The highest BCUT2D eigenvalue weighted by molar-refractivity contribution is 5.83. The topological polar surface area (TPSA) is 122 Å². The highest BCUT2D eigenvalue weighted by atomic mass is 15.7. The summed E-state index contributed by atoms with van der Waals surface area (Å²) in [5.74, 6) is 4.96. The van der Waals surface area contributed by atoms with E-state index in [0.717, 1.165) is 130 Å². The van der Waals surface area contributed by atoms with E-state index in [4.69, 9.17) is 29.9 Å². The van der Waals surface area contributed by atoms with E-state index in [0.29, 0.717) is 11.9 Å². The van der Waals surface area contributed by atoms with Gasteiger partial charge in [-0.05, 0) is 160 Å². The number of aromatic amines is 2. The maximum atomic E-state index is 5.50. The maximum Gasteiger partial charge on any atom is 0.244 e. The molecule has 2 N–H and O–H groups in total. The second-order valence-electron chi connectivity index (χ2n) is 17.8. The molecule has 0 unspecified atom stereocenters. The molecular formula is C47H62N12. The zero-order chi connectivity index (χ0) is 40.5. The summed E-state index contributed by atoms with van der Waals surface area (Å²) in [7, 11) is 4.49. The average molecular weight is 795 g/mol. The Labute approximate surface area is 349 Å². The molecule has 0 amide bonds. The number of hydrogen-bond acceptors (Lipinski definition) is 10. The fourth-order valence-electron chi connectivity index (χ4n) is 9.38. The Hall–Kier alpha value is -4.94. The van der Waals surface area contributed by atoms with Gasteiger partial charge in [0, 0.05) is 31.4 Å². The molecule has 1 aliphatic carbocycles. The number of hydrazine groups is 1. The van der Waals surface area contributed by atoms with Crippen LogP contribution in [-0.2, 0) is 6.42 Å². The predicted octanol–water partition coefficient (Wildman–Crippen LogP) is 8.88. The van der Waals surface area contributed by atoms with E-state index in [2.05, 4.69) is 101 Å². The number of para-hydroxylation sites is 2. The molecule has 2 aromatic carbocycles. The Bertz CT molecular complexity index is 2360. The third kappa shape index (κ3) is 8.71. The van der Waals surface area contributed by atoms with E-state index in [1.54, 1.807) is 0 Å². The van der Waals surface area contributed by atoms with Crippen molar-refractivity contribution in [2.24, 2.45) is 11.8 Å². The first kappa shape index (κ1) is 39.5. The SMILES string of the molecule is CCc1nc(N(CCCC2CCN(C)CC2)N(CCCC2CCN(C)CC2)c2ncc(-c3nc4c(C)cccc4[nH]3)c(C3CC3)n2)ncc1-c1nc2c(C)cccc2[nH]1. The van der Waals surface area contributed by atoms with Gasteiger partial charge in [0.25, 0.3) is 0 Å². The molecule has 310 valence electrons. The van der Waals surface area contributed by atoms with Gasteiger partial charge in [-0.2, -0.15) is 0 Å². The van der Waals surface area contributed by atoms with Gasteiger partial charge in [0.1, 0.15) is 11.6 Å². The van der Waals surface area contributed by atoms with Crippen molar-refractivity contribution in [3.8, 4) is 22.8 Å². The molecule has 3 fully saturated rings. The second kappa shape index (κ2) is 17.3. The summed E-state index contributed by atoms with van der Waals surface area (Å²) in [4.78, 5) is 43.5. The third-order valence-corrected chi connectivity index (χ3v) is 13.3. The molecule has 6 aromatic rings. The van der Waals surface area contributed by atoms with Crippen LogP contribution in [0.1, 0.15) is 99.6 Å². The maximum absolute atomic E-state index is 5.50. The van der Waals surface area contributed by atoms with Crippen molar-refractivity contribution in [1.82, 2.24) is 49.7 Å². The number of anilines is 2. The van der Waals surface area contributed by atoms with E-state index in [9.17, 15) is 0 Å². The molecule has 2 aliphatic heterocycles. The van der Waals surface area contributed by atoms with Gasteiger partial charge in [0.05, 0.1) is 44.6 Å². The minimum Gasteiger partial charge on any atom is -0.338 e. The minimum atomic E-state index is 0.398. The number of nitrogens with one attached hydrogen (secondary N) is 2. The van der Waals surface area contributed by atoms with Crippen LogP contribution in [0.15, 0.2) is 48.8 Å². The molecule has 59 heavy (non-hydrogen) atoms. The van der Waals surface area contributed by atoms with Crippen LogP contribution in [0, 0.1) is 25.7 Å². The molecule has 3 aliphatic rings. The predicted molar refractivity (Wildman–Crippen MR) is 239 cm³/mol. The van der Waals surface area contributed by atoms with E-state index in [1.807, 2.05) is 12.4 Å². The average Bonchev–Trinajstić information content (AvgIpc) is 3.85. The second-order valence-corrected chi connectivity index (χ2v) is 17.8. The molecule has 6 heterocycles. The van der Waals surface area contributed by atoms with Crippen molar-refractivity contribution >= 4 is 34.0 Å². The summed E-state index contributed by atoms with van der Waals surface area (Å²) in [5, 5.41) is 4.66. The highest BCUT2D eigenvalue weighted by Crippen LogP contribution is 2.44. The van der Waals surface area contributed by atoms with E-state index in [-0.39, 0.29) is 0 Å². The van der Waals surface area contributed by atoms with Gasteiger partial charge in [-0.1, -0.05) is 31.2 Å². The Balaban J connectivity index is 1.09. The molecule has 12 nitrogen and oxygen atoms in total. The zero-order valence-electron chi connectivity index (χ0n) is 35.8. The van der Waals surface area contributed by atoms with Gasteiger partial charge in [0.2, 0.25) is 11.9 Å². The van der Waals surface area contributed by atoms with Crippen LogP contribution in [0.5, 0.6) is 0 Å². The molecular weight excluding hydrogens is 733 g/mol. The van der Waals surface area contributed by atoms with Crippen LogP contribution in [0.2, 0.25) is 0 Å². The number of aromatic nitrogens is 8. The Morgan fingerprint density at radius 3 is 1.61 bits per heavy atom. The Morgan fingerprint density at radius 2 is 1.12 bits per heavy atom. The van der Waals surface area contributed by atoms with Crippen molar-refractivity contribution in [1.29, 1.82) is 0 Å². The molecule has 0 radical (unpaired) electrons. The summed E-state index contributed by atoms with van der Waals surface area (Å²) >= 11 is 0. The fourth-order valence-corrected chi connectivity index (χ4v) is 9.38. The number of piperidine rings is 2. The van der Waals surface area contributed by atoms with Crippen LogP contribution >= 0.6 is 0 Å². The number of benzene rings is 2. The van der Waals surface area contributed by atoms with E-state index >= 15 is 0 Å². The van der Waals surface area contributed by atoms with Crippen LogP contribution in [-0.4, -0.2) is 103 Å².